The molecule has 0 aliphatic carbocycles. The Balaban J connectivity index is 4.21. The number of nitrogens with zero attached hydrogens (tertiary/aromatic N) is 1. The minimum atomic E-state index is 0.0173. The molecule has 0 unspecified atom stereocenters. The predicted octanol–water partition coefficient (Wildman–Crippen LogP) is 2.60. The second-order valence-electron chi connectivity index (χ2n) is 2.98. The fourth-order valence-electron chi connectivity index (χ4n) is 0.521. The van der Waals surface area contributed by atoms with Gasteiger partial charge in [-0.05, 0) is 24.9 Å². The fourth-order valence-corrected chi connectivity index (χ4v) is 0.867. The highest BCUT2D eigenvalue weighted by Crippen LogP contribution is 2.11. The molecule has 0 fully saturated rings. The van der Waals surface area contributed by atoms with Crippen molar-refractivity contribution in [3.05, 3.63) is 10.3 Å². The first-order chi connectivity index (χ1) is 4.52. The molecule has 0 saturated carbocycles. The Morgan fingerprint density at radius 2 is 1.90 bits per heavy atom. The average molecular weight is 252 g/mol. The Bertz CT molecular complexity index is 135. The molecule has 0 rings (SSSR count). The Hall–Kier alpha value is -0.0600. The largest absolute Gasteiger partial charge is 0.334 e. The highest BCUT2D eigenvalue weighted by Gasteiger charge is 2.14. The third kappa shape index (κ3) is 3.20. The average Bonchev–Trinajstić information content (AvgIpc) is 1.80. The van der Waals surface area contributed by atoms with Crippen molar-refractivity contribution in [1.82, 2.24) is 4.90 Å². The minimum absolute atomic E-state index is 0.0173. The van der Waals surface area contributed by atoms with Crippen LogP contribution in [0.3, 0.4) is 0 Å². The molecule has 0 saturated heterocycles. The maximum Gasteiger partial charge on any atom is 0.0862 e. The first-order valence-electron chi connectivity index (χ1n) is 3.08. The molecule has 3 heteroatoms. The van der Waals surface area contributed by atoms with Gasteiger partial charge < -0.3 is 4.90 Å². The standard InChI is InChI=1S/C7H13IN2/c1-7(2,3)10(6-9)5-4-8/h4-6,9H,1-3H3/b5-4-,9-6?. The lowest BCUT2D eigenvalue weighted by molar-refractivity contribution is 0.319. The van der Waals surface area contributed by atoms with E-state index in [-0.39, 0.29) is 5.54 Å². The number of nitrogens with one attached hydrogen (secondary N) is 1. The van der Waals surface area contributed by atoms with E-state index in [1.54, 1.807) is 0 Å². The highest BCUT2D eigenvalue weighted by atomic mass is 127. The summed E-state index contributed by atoms with van der Waals surface area (Å²) >= 11 is 2.14. The van der Waals surface area contributed by atoms with Crippen LogP contribution >= 0.6 is 22.6 Å². The van der Waals surface area contributed by atoms with Crippen LogP contribution < -0.4 is 0 Å². The van der Waals surface area contributed by atoms with Gasteiger partial charge in [-0.1, -0.05) is 22.6 Å². The van der Waals surface area contributed by atoms with Crippen LogP contribution in [0, 0.1) is 5.41 Å². The van der Waals surface area contributed by atoms with E-state index in [0.717, 1.165) is 0 Å². The summed E-state index contributed by atoms with van der Waals surface area (Å²) in [6, 6.07) is 0. The van der Waals surface area contributed by atoms with Gasteiger partial charge in [0.05, 0.1) is 6.34 Å². The molecule has 0 amide bonds. The molecule has 0 aliphatic heterocycles. The molecule has 2 nitrogen and oxygen atoms in total. The van der Waals surface area contributed by atoms with Crippen molar-refractivity contribution in [1.29, 1.82) is 5.41 Å². The summed E-state index contributed by atoms with van der Waals surface area (Å²) < 4.78 is 1.90. The van der Waals surface area contributed by atoms with Gasteiger partial charge in [0.1, 0.15) is 0 Å². The van der Waals surface area contributed by atoms with Crippen LogP contribution in [0.1, 0.15) is 20.8 Å². The van der Waals surface area contributed by atoms with E-state index < -0.39 is 0 Å². The lowest BCUT2D eigenvalue weighted by Crippen LogP contribution is -2.35. The van der Waals surface area contributed by atoms with Crippen LogP contribution in [0.15, 0.2) is 10.3 Å². The Morgan fingerprint density at radius 1 is 1.40 bits per heavy atom. The lowest BCUT2D eigenvalue weighted by Gasteiger charge is -2.29. The summed E-state index contributed by atoms with van der Waals surface area (Å²) in [4.78, 5) is 1.85. The first-order valence-corrected chi connectivity index (χ1v) is 4.33. The summed E-state index contributed by atoms with van der Waals surface area (Å²) in [5.74, 6) is 0. The molecular formula is C7H13IN2. The van der Waals surface area contributed by atoms with E-state index in [0.29, 0.717) is 0 Å². The van der Waals surface area contributed by atoms with Crippen molar-refractivity contribution in [3.8, 4) is 0 Å². The maximum atomic E-state index is 7.07. The van der Waals surface area contributed by atoms with Gasteiger partial charge in [0.25, 0.3) is 0 Å². The minimum Gasteiger partial charge on any atom is -0.334 e. The molecule has 0 atom stereocenters. The number of hydrogen-bond acceptors (Lipinski definition) is 1. The monoisotopic (exact) mass is 252 g/mol. The molecular weight excluding hydrogens is 239 g/mol. The summed E-state index contributed by atoms with van der Waals surface area (Å²) in [5, 5.41) is 7.07. The molecule has 0 radical (unpaired) electrons. The summed E-state index contributed by atoms with van der Waals surface area (Å²) in [6.45, 7) is 6.19. The van der Waals surface area contributed by atoms with Gasteiger partial charge in [-0.25, -0.2) is 0 Å². The molecule has 0 aliphatic rings. The molecule has 0 heterocycles. The molecule has 0 bridgehead atoms. The van der Waals surface area contributed by atoms with Crippen LogP contribution in [0.25, 0.3) is 0 Å². The van der Waals surface area contributed by atoms with E-state index in [2.05, 4.69) is 43.4 Å². The van der Waals surface area contributed by atoms with Gasteiger partial charge in [-0.3, -0.25) is 5.41 Å². The Kier molecular flexibility index (Phi) is 3.93. The first kappa shape index (κ1) is 9.94. The summed E-state index contributed by atoms with van der Waals surface area (Å²) in [6.07, 6.45) is 3.21. The van der Waals surface area contributed by atoms with Crippen molar-refractivity contribution in [3.63, 3.8) is 0 Å². The second kappa shape index (κ2) is 3.95. The van der Waals surface area contributed by atoms with E-state index in [4.69, 9.17) is 5.41 Å². The SMILES string of the molecule is CC(C)(C)N(C=N)/C=C\I. The van der Waals surface area contributed by atoms with Gasteiger partial charge in [-0.15, -0.1) is 0 Å². The Labute approximate surface area is 75.9 Å². The van der Waals surface area contributed by atoms with Crippen molar-refractivity contribution < 1.29 is 0 Å². The Morgan fingerprint density at radius 3 is 2.00 bits per heavy atom. The van der Waals surface area contributed by atoms with Crippen molar-refractivity contribution in [2.75, 3.05) is 0 Å². The van der Waals surface area contributed by atoms with Crippen LogP contribution in [0.5, 0.6) is 0 Å². The van der Waals surface area contributed by atoms with Crippen molar-refractivity contribution in [2.24, 2.45) is 0 Å². The van der Waals surface area contributed by atoms with E-state index in [1.807, 2.05) is 15.2 Å². The van der Waals surface area contributed by atoms with E-state index >= 15 is 0 Å². The topological polar surface area (TPSA) is 27.1 Å². The molecule has 1 N–H and O–H groups in total. The molecule has 10 heavy (non-hydrogen) atoms. The number of rotatable bonds is 2. The summed E-state index contributed by atoms with van der Waals surface area (Å²) in [7, 11) is 0. The van der Waals surface area contributed by atoms with E-state index in [9.17, 15) is 0 Å². The quantitative estimate of drug-likeness (QED) is 0.456. The lowest BCUT2D eigenvalue weighted by atomic mass is 10.1. The van der Waals surface area contributed by atoms with Gasteiger partial charge in [-0.2, -0.15) is 0 Å². The van der Waals surface area contributed by atoms with Gasteiger partial charge in [0.15, 0.2) is 0 Å². The normalized spacial score (nSPS) is 12.0. The fraction of sp³-hybridized carbons (Fsp3) is 0.571. The number of hydrogen-bond donors (Lipinski definition) is 1. The van der Waals surface area contributed by atoms with E-state index in [1.165, 1.54) is 6.34 Å². The zero-order valence-electron chi connectivity index (χ0n) is 6.56. The van der Waals surface area contributed by atoms with Crippen LogP contribution in [0.4, 0.5) is 0 Å². The van der Waals surface area contributed by atoms with Crippen LogP contribution in [-0.4, -0.2) is 16.8 Å². The molecule has 0 spiro atoms. The van der Waals surface area contributed by atoms with Crippen molar-refractivity contribution in [2.45, 2.75) is 26.3 Å². The van der Waals surface area contributed by atoms with Gasteiger partial charge >= 0.3 is 0 Å². The van der Waals surface area contributed by atoms with Crippen LogP contribution in [0.2, 0.25) is 0 Å². The van der Waals surface area contributed by atoms with Gasteiger partial charge in [0.2, 0.25) is 0 Å². The van der Waals surface area contributed by atoms with Crippen molar-refractivity contribution >= 4 is 28.9 Å². The molecule has 0 aromatic heterocycles. The molecule has 0 aromatic rings. The maximum absolute atomic E-state index is 7.07. The predicted molar refractivity (Wildman–Crippen MR) is 53.5 cm³/mol. The second-order valence-corrected chi connectivity index (χ2v) is 3.70. The third-order valence-corrected chi connectivity index (χ3v) is 1.45. The zero-order valence-corrected chi connectivity index (χ0v) is 8.71. The molecule has 0 aromatic carbocycles. The highest BCUT2D eigenvalue weighted by molar-refractivity contribution is 14.1. The summed E-state index contributed by atoms with van der Waals surface area (Å²) in [5.41, 5.74) is 0.0173. The molecule has 58 valence electrons. The van der Waals surface area contributed by atoms with Crippen LogP contribution in [-0.2, 0) is 0 Å². The smallest absolute Gasteiger partial charge is 0.0862 e. The van der Waals surface area contributed by atoms with Gasteiger partial charge in [0, 0.05) is 11.7 Å². The zero-order chi connectivity index (χ0) is 8.20. The number of halogens is 1. The third-order valence-electron chi connectivity index (χ3n) is 1.13.